The molecule has 0 saturated heterocycles. The van der Waals surface area contributed by atoms with Crippen molar-refractivity contribution in [2.75, 3.05) is 0 Å². The molecule has 0 amide bonds. The highest BCUT2D eigenvalue weighted by molar-refractivity contribution is 9.10. The molecule has 0 radical (unpaired) electrons. The van der Waals surface area contributed by atoms with E-state index in [1.165, 1.54) is 12.3 Å². The molecule has 2 rings (SSSR count). The molecular formula is C12H10BrFN2O. The lowest BCUT2D eigenvalue weighted by molar-refractivity contribution is 0.0991. The first kappa shape index (κ1) is 12.0. The second-order valence-electron chi connectivity index (χ2n) is 3.74. The summed E-state index contributed by atoms with van der Waals surface area (Å²) < 4.78 is 15.7. The van der Waals surface area contributed by atoms with Crippen molar-refractivity contribution in [2.24, 2.45) is 7.05 Å². The third kappa shape index (κ3) is 2.79. The van der Waals surface area contributed by atoms with Gasteiger partial charge in [0.05, 0.1) is 11.8 Å². The smallest absolute Gasteiger partial charge is 0.170 e. The van der Waals surface area contributed by atoms with E-state index in [9.17, 15) is 9.18 Å². The van der Waals surface area contributed by atoms with Crippen molar-refractivity contribution in [3.8, 4) is 0 Å². The van der Waals surface area contributed by atoms with Crippen molar-refractivity contribution in [1.82, 2.24) is 9.78 Å². The van der Waals surface area contributed by atoms with Crippen LogP contribution in [0.4, 0.5) is 4.39 Å². The molecule has 5 heteroatoms. The van der Waals surface area contributed by atoms with Crippen molar-refractivity contribution in [3.05, 3.63) is 52.0 Å². The summed E-state index contributed by atoms with van der Waals surface area (Å²) in [6.45, 7) is 0. The van der Waals surface area contributed by atoms with E-state index >= 15 is 0 Å². The summed E-state index contributed by atoms with van der Waals surface area (Å²) in [5, 5.41) is 3.91. The molecule has 0 atom stereocenters. The maximum absolute atomic E-state index is 13.5. The molecule has 0 spiro atoms. The molecular weight excluding hydrogens is 287 g/mol. The number of aryl methyl sites for hydroxylation is 1. The molecule has 0 unspecified atom stereocenters. The standard InChI is InChI=1S/C12H10BrFN2O/c1-16-7-9(6-15-16)12(17)4-8-2-3-10(13)5-11(8)14/h2-3,5-7H,4H2,1H3. The van der Waals surface area contributed by atoms with Crippen LogP contribution in [0.15, 0.2) is 35.1 Å². The highest BCUT2D eigenvalue weighted by Crippen LogP contribution is 2.17. The number of nitrogens with zero attached hydrogens (tertiary/aromatic N) is 2. The van der Waals surface area contributed by atoms with Gasteiger partial charge in [-0.05, 0) is 17.7 Å². The number of halogens is 2. The van der Waals surface area contributed by atoms with Crippen LogP contribution in [-0.4, -0.2) is 15.6 Å². The molecule has 3 nitrogen and oxygen atoms in total. The number of Topliss-reactive ketones (excluding diaryl/α,β-unsaturated/α-hetero) is 1. The van der Waals surface area contributed by atoms with Gasteiger partial charge in [0, 0.05) is 24.1 Å². The number of carbonyl (C=O) groups is 1. The SMILES string of the molecule is Cn1cc(C(=O)Cc2ccc(Br)cc2F)cn1. The Kier molecular flexibility index (Phi) is 3.38. The molecule has 0 N–H and O–H groups in total. The van der Waals surface area contributed by atoms with Crippen molar-refractivity contribution < 1.29 is 9.18 Å². The van der Waals surface area contributed by atoms with Gasteiger partial charge in [0.1, 0.15) is 5.82 Å². The van der Waals surface area contributed by atoms with Gasteiger partial charge in [0.25, 0.3) is 0 Å². The molecule has 1 aromatic heterocycles. The quantitative estimate of drug-likeness (QED) is 0.817. The molecule has 0 fully saturated rings. The van der Waals surface area contributed by atoms with Gasteiger partial charge in [-0.3, -0.25) is 9.48 Å². The van der Waals surface area contributed by atoms with E-state index in [0.29, 0.717) is 15.6 Å². The minimum atomic E-state index is -0.378. The number of carbonyl (C=O) groups excluding carboxylic acids is 1. The fourth-order valence-electron chi connectivity index (χ4n) is 1.51. The first-order chi connectivity index (χ1) is 8.06. The average Bonchev–Trinajstić information content (AvgIpc) is 2.69. The minimum Gasteiger partial charge on any atom is -0.294 e. The Morgan fingerprint density at radius 3 is 2.88 bits per heavy atom. The van der Waals surface area contributed by atoms with Crippen LogP contribution in [-0.2, 0) is 13.5 Å². The Balaban J connectivity index is 2.18. The highest BCUT2D eigenvalue weighted by Gasteiger charge is 2.12. The Morgan fingerprint density at radius 1 is 1.53 bits per heavy atom. The fourth-order valence-corrected chi connectivity index (χ4v) is 1.84. The van der Waals surface area contributed by atoms with Crippen LogP contribution in [0, 0.1) is 5.82 Å². The number of hydrogen-bond donors (Lipinski definition) is 0. The Bertz CT molecular complexity index is 565. The van der Waals surface area contributed by atoms with E-state index < -0.39 is 0 Å². The molecule has 1 aromatic carbocycles. The molecule has 88 valence electrons. The van der Waals surface area contributed by atoms with Crippen molar-refractivity contribution in [1.29, 1.82) is 0 Å². The maximum Gasteiger partial charge on any atom is 0.170 e. The zero-order chi connectivity index (χ0) is 12.4. The van der Waals surface area contributed by atoms with E-state index in [-0.39, 0.29) is 18.0 Å². The van der Waals surface area contributed by atoms with E-state index in [1.54, 1.807) is 30.1 Å². The summed E-state index contributed by atoms with van der Waals surface area (Å²) >= 11 is 3.17. The lowest BCUT2D eigenvalue weighted by Gasteiger charge is -2.01. The van der Waals surface area contributed by atoms with E-state index in [1.807, 2.05) is 0 Å². The summed E-state index contributed by atoms with van der Waals surface area (Å²) in [6, 6.07) is 4.68. The lowest BCUT2D eigenvalue weighted by Crippen LogP contribution is -2.04. The molecule has 0 aliphatic carbocycles. The van der Waals surface area contributed by atoms with Gasteiger partial charge in [-0.15, -0.1) is 0 Å². The summed E-state index contributed by atoms with van der Waals surface area (Å²) in [5.74, 6) is -0.518. The maximum atomic E-state index is 13.5. The van der Waals surface area contributed by atoms with Gasteiger partial charge >= 0.3 is 0 Å². The Morgan fingerprint density at radius 2 is 2.29 bits per heavy atom. The zero-order valence-corrected chi connectivity index (χ0v) is 10.7. The molecule has 2 aromatic rings. The number of ketones is 1. The molecule has 0 saturated carbocycles. The lowest BCUT2D eigenvalue weighted by atomic mass is 10.1. The van der Waals surface area contributed by atoms with Crippen molar-refractivity contribution in [3.63, 3.8) is 0 Å². The third-order valence-electron chi connectivity index (χ3n) is 2.39. The molecule has 17 heavy (non-hydrogen) atoms. The van der Waals surface area contributed by atoms with E-state index in [0.717, 1.165) is 0 Å². The van der Waals surface area contributed by atoms with E-state index in [4.69, 9.17) is 0 Å². The topological polar surface area (TPSA) is 34.9 Å². The predicted molar refractivity (Wildman–Crippen MR) is 65.3 cm³/mol. The first-order valence-electron chi connectivity index (χ1n) is 5.02. The number of aromatic nitrogens is 2. The highest BCUT2D eigenvalue weighted by atomic mass is 79.9. The average molecular weight is 297 g/mol. The molecule has 0 aliphatic heterocycles. The summed E-state index contributed by atoms with van der Waals surface area (Å²) in [5.41, 5.74) is 0.886. The number of benzene rings is 1. The third-order valence-corrected chi connectivity index (χ3v) is 2.89. The van der Waals surface area contributed by atoms with Gasteiger partial charge in [-0.1, -0.05) is 22.0 Å². The summed E-state index contributed by atoms with van der Waals surface area (Å²) in [4.78, 5) is 11.8. The van der Waals surface area contributed by atoms with Gasteiger partial charge in [-0.25, -0.2) is 4.39 Å². The predicted octanol–water partition coefficient (Wildman–Crippen LogP) is 2.75. The fraction of sp³-hybridized carbons (Fsp3) is 0.167. The largest absolute Gasteiger partial charge is 0.294 e. The monoisotopic (exact) mass is 296 g/mol. The van der Waals surface area contributed by atoms with Gasteiger partial charge < -0.3 is 0 Å². The van der Waals surface area contributed by atoms with Crippen LogP contribution in [0.1, 0.15) is 15.9 Å². The van der Waals surface area contributed by atoms with Crippen molar-refractivity contribution in [2.45, 2.75) is 6.42 Å². The minimum absolute atomic E-state index is 0.0464. The summed E-state index contributed by atoms with van der Waals surface area (Å²) in [6.07, 6.45) is 3.16. The molecule has 0 bridgehead atoms. The van der Waals surface area contributed by atoms with Crippen LogP contribution in [0.5, 0.6) is 0 Å². The summed E-state index contributed by atoms with van der Waals surface area (Å²) in [7, 11) is 1.73. The van der Waals surface area contributed by atoms with E-state index in [2.05, 4.69) is 21.0 Å². The van der Waals surface area contributed by atoms with Crippen molar-refractivity contribution >= 4 is 21.7 Å². The normalized spacial score (nSPS) is 10.5. The second-order valence-corrected chi connectivity index (χ2v) is 4.65. The Hall–Kier alpha value is -1.49. The van der Waals surface area contributed by atoms with Gasteiger partial charge in [0.2, 0.25) is 0 Å². The van der Waals surface area contributed by atoms with Crippen LogP contribution >= 0.6 is 15.9 Å². The van der Waals surface area contributed by atoms with Crippen LogP contribution in [0.25, 0.3) is 0 Å². The zero-order valence-electron chi connectivity index (χ0n) is 9.15. The molecule has 0 aliphatic rings. The first-order valence-corrected chi connectivity index (χ1v) is 5.81. The molecule has 1 heterocycles. The van der Waals surface area contributed by atoms with Gasteiger partial charge in [0.15, 0.2) is 5.78 Å². The van der Waals surface area contributed by atoms with Crippen LogP contribution in [0.3, 0.4) is 0 Å². The number of rotatable bonds is 3. The van der Waals surface area contributed by atoms with Crippen LogP contribution in [0.2, 0.25) is 0 Å². The second kappa shape index (κ2) is 4.79. The van der Waals surface area contributed by atoms with Crippen LogP contribution < -0.4 is 0 Å². The number of hydrogen-bond acceptors (Lipinski definition) is 2. The Labute approximate surface area is 106 Å². The van der Waals surface area contributed by atoms with Gasteiger partial charge in [-0.2, -0.15) is 5.10 Å².